The molecule has 0 N–H and O–H groups in total. The molecule has 0 bridgehead atoms. The highest BCUT2D eigenvalue weighted by Gasteiger charge is 2.34. The molecule has 1 aliphatic carbocycles. The van der Waals surface area contributed by atoms with Crippen LogP contribution in [-0.2, 0) is 22.4 Å². The Bertz CT molecular complexity index is 1110. The summed E-state index contributed by atoms with van der Waals surface area (Å²) >= 11 is 0. The van der Waals surface area contributed by atoms with Crippen LogP contribution in [0.4, 0.5) is 0 Å². The number of carbonyl (C=O) groups is 3. The van der Waals surface area contributed by atoms with Gasteiger partial charge in [0.1, 0.15) is 17.3 Å². The highest BCUT2D eigenvalue weighted by Crippen LogP contribution is 2.40. The molecule has 0 saturated heterocycles. The van der Waals surface area contributed by atoms with Gasteiger partial charge in [0.25, 0.3) is 0 Å². The third-order valence-corrected chi connectivity index (χ3v) is 7.88. The largest absolute Gasteiger partial charge is 0.496 e. The number of aryl methyl sites for hydroxylation is 2. The fourth-order valence-electron chi connectivity index (χ4n) is 6.23. The third kappa shape index (κ3) is 6.14. The third-order valence-electron chi connectivity index (χ3n) is 7.88. The van der Waals surface area contributed by atoms with Crippen molar-refractivity contribution >= 4 is 17.3 Å². The second kappa shape index (κ2) is 12.5. The summed E-state index contributed by atoms with van der Waals surface area (Å²) < 4.78 is 5.53. The molecule has 0 heterocycles. The normalized spacial score (nSPS) is 16.8. The van der Waals surface area contributed by atoms with Crippen LogP contribution in [0.2, 0.25) is 0 Å². The monoisotopic (exact) mass is 490 g/mol. The molecule has 3 unspecified atom stereocenters. The van der Waals surface area contributed by atoms with Gasteiger partial charge in [0.05, 0.1) is 13.5 Å². The van der Waals surface area contributed by atoms with Gasteiger partial charge in [-0.3, -0.25) is 14.4 Å². The molecule has 2 aromatic rings. The van der Waals surface area contributed by atoms with Crippen molar-refractivity contribution in [2.75, 3.05) is 7.11 Å². The standard InChI is InChI=1S/C32H42O4/c1-7-10-24(26(9-3)29(34)15-21(5)33)16-22-17-28-27(13-11-20(4)32(28)30(35)18-22)25-12-14-31(36-6)23(8-2)19-25/h11-14,19,22,24,26H,7-10,15-18H2,1-6H3. The molecule has 0 fully saturated rings. The molecule has 0 spiro atoms. The van der Waals surface area contributed by atoms with Crippen LogP contribution in [0.1, 0.15) is 93.3 Å². The van der Waals surface area contributed by atoms with Crippen LogP contribution in [0, 0.1) is 24.7 Å². The Morgan fingerprint density at radius 1 is 1.08 bits per heavy atom. The van der Waals surface area contributed by atoms with Gasteiger partial charge in [0.15, 0.2) is 5.78 Å². The van der Waals surface area contributed by atoms with Crippen LogP contribution in [0.15, 0.2) is 30.3 Å². The molecule has 2 aromatic carbocycles. The van der Waals surface area contributed by atoms with Gasteiger partial charge >= 0.3 is 0 Å². The van der Waals surface area contributed by atoms with Gasteiger partial charge in [-0.2, -0.15) is 0 Å². The maximum atomic E-state index is 13.5. The number of ketones is 3. The molecule has 4 heteroatoms. The van der Waals surface area contributed by atoms with E-state index >= 15 is 0 Å². The predicted molar refractivity (Wildman–Crippen MR) is 146 cm³/mol. The van der Waals surface area contributed by atoms with Crippen LogP contribution in [0.5, 0.6) is 5.75 Å². The Kier molecular flexibility index (Phi) is 9.64. The molecule has 0 saturated carbocycles. The summed E-state index contributed by atoms with van der Waals surface area (Å²) in [5.41, 5.74) is 6.45. The average Bonchev–Trinajstić information content (AvgIpc) is 2.83. The summed E-state index contributed by atoms with van der Waals surface area (Å²) in [6, 6.07) is 10.5. The van der Waals surface area contributed by atoms with Gasteiger partial charge in [-0.05, 0) is 91.3 Å². The van der Waals surface area contributed by atoms with Crippen molar-refractivity contribution in [1.82, 2.24) is 0 Å². The maximum Gasteiger partial charge on any atom is 0.163 e. The van der Waals surface area contributed by atoms with Gasteiger partial charge in [-0.15, -0.1) is 0 Å². The van der Waals surface area contributed by atoms with Gasteiger partial charge < -0.3 is 4.74 Å². The maximum absolute atomic E-state index is 13.5. The quantitative estimate of drug-likeness (QED) is 0.292. The average molecular weight is 491 g/mol. The highest BCUT2D eigenvalue weighted by molar-refractivity contribution is 6.02. The molecule has 0 aromatic heterocycles. The zero-order valence-electron chi connectivity index (χ0n) is 22.9. The number of benzene rings is 2. The van der Waals surface area contributed by atoms with Crippen molar-refractivity contribution < 1.29 is 19.1 Å². The molecule has 0 amide bonds. The lowest BCUT2D eigenvalue weighted by atomic mass is 9.71. The Balaban J connectivity index is 1.96. The van der Waals surface area contributed by atoms with E-state index in [9.17, 15) is 14.4 Å². The van der Waals surface area contributed by atoms with E-state index in [2.05, 4.69) is 38.1 Å². The summed E-state index contributed by atoms with van der Waals surface area (Å²) in [7, 11) is 1.70. The van der Waals surface area contributed by atoms with Crippen molar-refractivity contribution in [3.8, 4) is 16.9 Å². The number of carbonyl (C=O) groups excluding carboxylic acids is 3. The Hall–Kier alpha value is -2.75. The first-order chi connectivity index (χ1) is 17.2. The highest BCUT2D eigenvalue weighted by atomic mass is 16.5. The second-order valence-corrected chi connectivity index (χ2v) is 10.5. The summed E-state index contributed by atoms with van der Waals surface area (Å²) in [5, 5.41) is 0. The molecule has 194 valence electrons. The van der Waals surface area contributed by atoms with E-state index in [0.717, 1.165) is 77.7 Å². The van der Waals surface area contributed by atoms with Crippen molar-refractivity contribution in [2.24, 2.45) is 17.8 Å². The zero-order chi connectivity index (χ0) is 26.4. The Labute approximate surface area is 216 Å². The lowest BCUT2D eigenvalue weighted by molar-refractivity contribution is -0.129. The van der Waals surface area contributed by atoms with Gasteiger partial charge in [-0.25, -0.2) is 0 Å². The van der Waals surface area contributed by atoms with E-state index < -0.39 is 0 Å². The smallest absolute Gasteiger partial charge is 0.163 e. The molecule has 4 nitrogen and oxygen atoms in total. The fourth-order valence-corrected chi connectivity index (χ4v) is 6.23. The van der Waals surface area contributed by atoms with Crippen LogP contribution in [0.25, 0.3) is 11.1 Å². The minimum Gasteiger partial charge on any atom is -0.496 e. The number of rotatable bonds is 12. The molecule has 3 atom stereocenters. The molecular weight excluding hydrogens is 448 g/mol. The fraction of sp³-hybridized carbons (Fsp3) is 0.531. The summed E-state index contributed by atoms with van der Waals surface area (Å²) in [5.74, 6) is 1.38. The van der Waals surface area contributed by atoms with E-state index in [1.54, 1.807) is 7.11 Å². The minimum absolute atomic E-state index is 0.0196. The molecule has 36 heavy (non-hydrogen) atoms. The summed E-state index contributed by atoms with van der Waals surface area (Å²) in [6.07, 6.45) is 5.77. The SMILES string of the molecule is CCCC(CC1CC(=O)c2c(C)ccc(-c3ccc(OC)c(CC)c3)c2C1)C(CC)C(=O)CC(C)=O. The van der Waals surface area contributed by atoms with Crippen molar-refractivity contribution in [3.63, 3.8) is 0 Å². The molecule has 0 aliphatic heterocycles. The molecule has 1 aliphatic rings. The van der Waals surface area contributed by atoms with Crippen molar-refractivity contribution in [2.45, 2.75) is 86.0 Å². The first kappa shape index (κ1) is 27.8. The topological polar surface area (TPSA) is 60.4 Å². The van der Waals surface area contributed by atoms with E-state index in [-0.39, 0.29) is 41.5 Å². The number of methoxy groups -OCH3 is 1. The van der Waals surface area contributed by atoms with Crippen molar-refractivity contribution in [1.29, 1.82) is 0 Å². The minimum atomic E-state index is -0.115. The molecule has 0 radical (unpaired) electrons. The molecule has 3 rings (SSSR count). The van der Waals surface area contributed by atoms with Crippen molar-refractivity contribution in [3.05, 3.63) is 52.6 Å². The van der Waals surface area contributed by atoms with Crippen LogP contribution >= 0.6 is 0 Å². The lowest BCUT2D eigenvalue weighted by Crippen LogP contribution is -2.30. The van der Waals surface area contributed by atoms with E-state index in [1.165, 1.54) is 6.92 Å². The van der Waals surface area contributed by atoms with Crippen LogP contribution in [0.3, 0.4) is 0 Å². The van der Waals surface area contributed by atoms with E-state index in [0.29, 0.717) is 6.42 Å². The Morgan fingerprint density at radius 2 is 1.83 bits per heavy atom. The summed E-state index contributed by atoms with van der Waals surface area (Å²) in [6.45, 7) is 9.83. The molecular formula is C32H42O4. The number of Topliss-reactive ketones (excluding diaryl/α,β-unsaturated/α-hetero) is 3. The number of hydrogen-bond acceptors (Lipinski definition) is 4. The summed E-state index contributed by atoms with van der Waals surface area (Å²) in [4.78, 5) is 38.0. The van der Waals surface area contributed by atoms with Gasteiger partial charge in [-0.1, -0.05) is 51.8 Å². The first-order valence-corrected chi connectivity index (χ1v) is 13.6. The second-order valence-electron chi connectivity index (χ2n) is 10.5. The number of fused-ring (bicyclic) bond motifs is 1. The Morgan fingerprint density at radius 3 is 2.44 bits per heavy atom. The number of ether oxygens (including phenoxy) is 1. The van der Waals surface area contributed by atoms with Gasteiger partial charge in [0, 0.05) is 17.9 Å². The lowest BCUT2D eigenvalue weighted by Gasteiger charge is -2.32. The van der Waals surface area contributed by atoms with E-state index in [1.807, 2.05) is 19.9 Å². The predicted octanol–water partition coefficient (Wildman–Crippen LogP) is 7.36. The first-order valence-electron chi connectivity index (χ1n) is 13.6. The number of hydrogen-bond donors (Lipinski definition) is 0. The van der Waals surface area contributed by atoms with Crippen LogP contribution in [-0.4, -0.2) is 24.5 Å². The zero-order valence-corrected chi connectivity index (χ0v) is 22.9. The van der Waals surface area contributed by atoms with E-state index in [4.69, 9.17) is 4.74 Å². The van der Waals surface area contributed by atoms with Gasteiger partial charge in [0.2, 0.25) is 0 Å². The van der Waals surface area contributed by atoms with Crippen LogP contribution < -0.4 is 4.74 Å².